The highest BCUT2D eigenvalue weighted by atomic mass is 19.4. The summed E-state index contributed by atoms with van der Waals surface area (Å²) in [6.07, 6.45) is -4.50. The van der Waals surface area contributed by atoms with Crippen LogP contribution in [-0.4, -0.2) is 5.91 Å². The van der Waals surface area contributed by atoms with E-state index in [1.165, 1.54) is 13.0 Å². The topological polar surface area (TPSA) is 51.5 Å². The van der Waals surface area contributed by atoms with Gasteiger partial charge in [-0.1, -0.05) is 0 Å². The lowest BCUT2D eigenvalue weighted by molar-refractivity contribution is -0.153. The van der Waals surface area contributed by atoms with Gasteiger partial charge in [-0.2, -0.15) is 13.2 Å². The van der Waals surface area contributed by atoms with E-state index < -0.39 is 11.9 Å². The Labute approximate surface area is 118 Å². The van der Waals surface area contributed by atoms with E-state index in [0.717, 1.165) is 6.07 Å². The quantitative estimate of drug-likeness (QED) is 0.933. The van der Waals surface area contributed by atoms with Crippen LogP contribution in [0, 0.1) is 0 Å². The van der Waals surface area contributed by atoms with E-state index in [1.54, 1.807) is 24.3 Å². The highest BCUT2D eigenvalue weighted by Crippen LogP contribution is 2.30. The summed E-state index contributed by atoms with van der Waals surface area (Å²) in [6, 6.07) is 8.52. The lowest BCUT2D eigenvalue weighted by Gasteiger charge is -2.06. The summed E-state index contributed by atoms with van der Waals surface area (Å²) < 4.78 is 47.0. The molecule has 2 rings (SSSR count). The molecule has 1 aromatic carbocycles. The molecule has 7 heteroatoms. The Morgan fingerprint density at radius 1 is 1.19 bits per heavy atom. The maximum atomic E-state index is 12.3. The maximum Gasteiger partial charge on any atom is 0.449 e. The minimum absolute atomic E-state index is 0.0771. The molecule has 0 saturated carbocycles. The first-order valence-corrected chi connectivity index (χ1v) is 6.01. The van der Waals surface area contributed by atoms with E-state index in [0.29, 0.717) is 11.4 Å². The summed E-state index contributed by atoms with van der Waals surface area (Å²) in [5.74, 6) is -0.719. The Hall–Kier alpha value is -2.44. The van der Waals surface area contributed by atoms with Gasteiger partial charge in [-0.3, -0.25) is 4.79 Å². The molecular formula is C14H12F3NO3. The smallest absolute Gasteiger partial charge is 0.449 e. The van der Waals surface area contributed by atoms with E-state index in [4.69, 9.17) is 4.74 Å². The van der Waals surface area contributed by atoms with Crippen LogP contribution in [0.15, 0.2) is 40.8 Å². The first-order chi connectivity index (χ1) is 9.84. The van der Waals surface area contributed by atoms with Crippen LogP contribution in [0.2, 0.25) is 0 Å². The van der Waals surface area contributed by atoms with E-state index in [1.807, 2.05) is 0 Å². The Balaban J connectivity index is 1.94. The van der Waals surface area contributed by atoms with Crippen molar-refractivity contribution in [2.75, 3.05) is 5.32 Å². The summed E-state index contributed by atoms with van der Waals surface area (Å²) in [4.78, 5) is 10.8. The fourth-order valence-electron chi connectivity index (χ4n) is 1.60. The molecule has 0 radical (unpaired) electrons. The third kappa shape index (κ3) is 4.27. The summed E-state index contributed by atoms with van der Waals surface area (Å²) in [7, 11) is 0. The number of anilines is 1. The highest BCUT2D eigenvalue weighted by Gasteiger charge is 2.34. The molecule has 0 unspecified atom stereocenters. The Morgan fingerprint density at radius 2 is 1.86 bits per heavy atom. The fourth-order valence-corrected chi connectivity index (χ4v) is 1.60. The van der Waals surface area contributed by atoms with Crippen LogP contribution < -0.4 is 10.1 Å². The molecule has 21 heavy (non-hydrogen) atoms. The number of carbonyl (C=O) groups is 1. The second-order valence-corrected chi connectivity index (χ2v) is 4.26. The molecule has 1 heterocycles. The van der Waals surface area contributed by atoms with Gasteiger partial charge in [0.1, 0.15) is 18.1 Å². The van der Waals surface area contributed by atoms with Gasteiger partial charge in [0, 0.05) is 12.6 Å². The molecule has 112 valence electrons. The van der Waals surface area contributed by atoms with Gasteiger partial charge >= 0.3 is 6.18 Å². The number of alkyl halides is 3. The number of halogens is 3. The van der Waals surface area contributed by atoms with Crippen molar-refractivity contribution in [3.05, 3.63) is 47.9 Å². The van der Waals surface area contributed by atoms with E-state index >= 15 is 0 Å². The Bertz CT molecular complexity index is 617. The molecule has 0 aliphatic rings. The molecule has 0 aliphatic carbocycles. The number of ether oxygens (including phenoxy) is 1. The Morgan fingerprint density at radius 3 is 2.38 bits per heavy atom. The molecule has 1 amide bonds. The molecular weight excluding hydrogens is 287 g/mol. The number of hydrogen-bond acceptors (Lipinski definition) is 3. The van der Waals surface area contributed by atoms with Crippen molar-refractivity contribution in [3.63, 3.8) is 0 Å². The zero-order valence-corrected chi connectivity index (χ0v) is 11.0. The minimum Gasteiger partial charge on any atom is -0.486 e. The van der Waals surface area contributed by atoms with Crippen molar-refractivity contribution < 1.29 is 27.1 Å². The predicted molar refractivity (Wildman–Crippen MR) is 68.8 cm³/mol. The van der Waals surface area contributed by atoms with Crippen LogP contribution in [-0.2, 0) is 17.6 Å². The highest BCUT2D eigenvalue weighted by molar-refractivity contribution is 5.88. The molecule has 0 atom stereocenters. The summed E-state index contributed by atoms with van der Waals surface area (Å²) in [5, 5.41) is 2.59. The van der Waals surface area contributed by atoms with Crippen LogP contribution >= 0.6 is 0 Å². The van der Waals surface area contributed by atoms with Gasteiger partial charge in [0.15, 0.2) is 0 Å². The molecule has 0 saturated heterocycles. The van der Waals surface area contributed by atoms with Crippen LogP contribution in [0.5, 0.6) is 5.75 Å². The number of furan rings is 1. The van der Waals surface area contributed by atoms with Crippen LogP contribution in [0.1, 0.15) is 18.4 Å². The average Bonchev–Trinajstić information content (AvgIpc) is 2.86. The fraction of sp³-hybridized carbons (Fsp3) is 0.214. The van der Waals surface area contributed by atoms with Gasteiger partial charge in [-0.15, -0.1) is 0 Å². The maximum absolute atomic E-state index is 12.3. The predicted octanol–water partition coefficient (Wildman–Crippen LogP) is 3.84. The molecule has 4 nitrogen and oxygen atoms in total. The zero-order valence-electron chi connectivity index (χ0n) is 11.0. The monoisotopic (exact) mass is 299 g/mol. The van der Waals surface area contributed by atoms with Gasteiger partial charge in [0.05, 0.1) is 0 Å². The second-order valence-electron chi connectivity index (χ2n) is 4.26. The van der Waals surface area contributed by atoms with Gasteiger partial charge in [-0.25, -0.2) is 0 Å². The summed E-state index contributed by atoms with van der Waals surface area (Å²) in [6.45, 7) is 1.27. The van der Waals surface area contributed by atoms with Crippen molar-refractivity contribution in [1.82, 2.24) is 0 Å². The van der Waals surface area contributed by atoms with E-state index in [9.17, 15) is 18.0 Å². The standard InChI is InChI=1S/C14H12F3NO3/c1-9(19)18-10-2-4-11(5-3-10)20-8-12-6-7-13(21-12)14(15,16)17/h2-7H,8H2,1H3,(H,18,19). The molecule has 0 aliphatic heterocycles. The average molecular weight is 299 g/mol. The van der Waals surface area contributed by atoms with Crippen LogP contribution in [0.4, 0.5) is 18.9 Å². The van der Waals surface area contributed by atoms with E-state index in [-0.39, 0.29) is 18.3 Å². The summed E-state index contributed by atoms with van der Waals surface area (Å²) >= 11 is 0. The summed E-state index contributed by atoms with van der Waals surface area (Å²) in [5.41, 5.74) is 0.604. The van der Waals surface area contributed by atoms with Crippen molar-refractivity contribution >= 4 is 11.6 Å². The number of carbonyl (C=O) groups excluding carboxylic acids is 1. The second kappa shape index (κ2) is 5.90. The van der Waals surface area contributed by atoms with Gasteiger partial charge in [-0.05, 0) is 36.4 Å². The van der Waals surface area contributed by atoms with Crippen molar-refractivity contribution in [3.8, 4) is 5.75 Å². The Kier molecular flexibility index (Phi) is 4.21. The minimum atomic E-state index is -4.50. The first-order valence-electron chi connectivity index (χ1n) is 6.01. The third-order valence-electron chi connectivity index (χ3n) is 2.50. The molecule has 1 aromatic heterocycles. The molecule has 1 N–H and O–H groups in total. The number of amides is 1. The zero-order chi connectivity index (χ0) is 15.5. The number of nitrogens with one attached hydrogen (secondary N) is 1. The van der Waals surface area contributed by atoms with Crippen molar-refractivity contribution in [2.24, 2.45) is 0 Å². The molecule has 0 bridgehead atoms. The van der Waals surface area contributed by atoms with Gasteiger partial charge < -0.3 is 14.5 Å². The van der Waals surface area contributed by atoms with Crippen molar-refractivity contribution in [1.29, 1.82) is 0 Å². The third-order valence-corrected chi connectivity index (χ3v) is 2.50. The molecule has 0 spiro atoms. The van der Waals surface area contributed by atoms with Crippen molar-refractivity contribution in [2.45, 2.75) is 19.7 Å². The first kappa shape index (κ1) is 15.0. The van der Waals surface area contributed by atoms with Gasteiger partial charge in [0.2, 0.25) is 11.7 Å². The van der Waals surface area contributed by atoms with Crippen LogP contribution in [0.25, 0.3) is 0 Å². The SMILES string of the molecule is CC(=O)Nc1ccc(OCc2ccc(C(F)(F)F)o2)cc1. The lowest BCUT2D eigenvalue weighted by Crippen LogP contribution is -2.05. The number of benzene rings is 1. The molecule has 2 aromatic rings. The molecule has 0 fully saturated rings. The normalized spacial score (nSPS) is 11.2. The lowest BCUT2D eigenvalue weighted by atomic mass is 10.3. The van der Waals surface area contributed by atoms with E-state index in [2.05, 4.69) is 9.73 Å². The van der Waals surface area contributed by atoms with Gasteiger partial charge in [0.25, 0.3) is 0 Å². The largest absolute Gasteiger partial charge is 0.486 e. The number of rotatable bonds is 4. The number of hydrogen-bond donors (Lipinski definition) is 1. The van der Waals surface area contributed by atoms with Crippen LogP contribution in [0.3, 0.4) is 0 Å².